The minimum absolute atomic E-state index is 0.137. The Hall–Kier alpha value is -1.16. The molecule has 0 spiro atoms. The number of rotatable bonds is 4. The van der Waals surface area contributed by atoms with Crippen molar-refractivity contribution in [3.05, 3.63) is 29.8 Å². The van der Waals surface area contributed by atoms with Crippen LogP contribution in [-0.4, -0.2) is 17.5 Å². The predicted octanol–water partition coefficient (Wildman–Crippen LogP) is 2.00. The number of hydrogen-bond donors (Lipinski definition) is 2. The first-order valence-corrected chi connectivity index (χ1v) is 5.33. The van der Waals surface area contributed by atoms with E-state index in [9.17, 15) is 0 Å². The molecular weight excluding hydrogens is 196 g/mol. The fourth-order valence-corrected chi connectivity index (χ4v) is 1.33. The lowest BCUT2D eigenvalue weighted by atomic mass is 10.2. The standard InChI is InChI=1S/C10H14N2OS/c1-8-2-4-9(5-3-8)13-6-7-14-10(11)12/h2-5H,6-7H2,1H3,(H3,11,12). The molecule has 0 saturated heterocycles. The summed E-state index contributed by atoms with van der Waals surface area (Å²) in [6.07, 6.45) is 0. The third kappa shape index (κ3) is 4.18. The molecule has 0 amide bonds. The molecule has 1 aromatic carbocycles. The van der Waals surface area contributed by atoms with Crippen molar-refractivity contribution < 1.29 is 4.74 Å². The van der Waals surface area contributed by atoms with Crippen LogP contribution in [0.3, 0.4) is 0 Å². The average molecular weight is 210 g/mol. The third-order valence-electron chi connectivity index (χ3n) is 1.63. The molecule has 0 aliphatic carbocycles. The van der Waals surface area contributed by atoms with Gasteiger partial charge in [-0.25, -0.2) is 0 Å². The minimum atomic E-state index is 0.137. The lowest BCUT2D eigenvalue weighted by molar-refractivity contribution is 0.344. The zero-order chi connectivity index (χ0) is 10.4. The Labute approximate surface area is 88.2 Å². The number of nitrogens with two attached hydrogens (primary N) is 1. The van der Waals surface area contributed by atoms with Gasteiger partial charge in [-0.15, -0.1) is 0 Å². The highest BCUT2D eigenvalue weighted by atomic mass is 32.2. The Balaban J connectivity index is 2.25. The second kappa shape index (κ2) is 5.54. The summed E-state index contributed by atoms with van der Waals surface area (Å²) in [6, 6.07) is 7.89. The molecule has 4 heteroatoms. The average Bonchev–Trinajstić information content (AvgIpc) is 2.15. The van der Waals surface area contributed by atoms with E-state index in [0.29, 0.717) is 12.4 Å². The van der Waals surface area contributed by atoms with Crippen LogP contribution in [0.15, 0.2) is 24.3 Å². The van der Waals surface area contributed by atoms with Crippen molar-refractivity contribution in [1.29, 1.82) is 5.41 Å². The fraction of sp³-hybridized carbons (Fsp3) is 0.300. The van der Waals surface area contributed by atoms with E-state index in [-0.39, 0.29) is 5.17 Å². The van der Waals surface area contributed by atoms with E-state index < -0.39 is 0 Å². The molecule has 0 radical (unpaired) electrons. The molecule has 3 nitrogen and oxygen atoms in total. The van der Waals surface area contributed by atoms with Gasteiger partial charge in [-0.3, -0.25) is 5.41 Å². The predicted molar refractivity (Wildman–Crippen MR) is 61.0 cm³/mol. The van der Waals surface area contributed by atoms with Gasteiger partial charge in [-0.05, 0) is 19.1 Å². The maximum atomic E-state index is 6.99. The molecule has 0 fully saturated rings. The van der Waals surface area contributed by atoms with Crippen LogP contribution in [0.2, 0.25) is 0 Å². The molecular formula is C10H14N2OS. The van der Waals surface area contributed by atoms with Gasteiger partial charge in [0, 0.05) is 5.75 Å². The summed E-state index contributed by atoms with van der Waals surface area (Å²) in [4.78, 5) is 0. The molecule has 76 valence electrons. The van der Waals surface area contributed by atoms with Gasteiger partial charge in [0.05, 0.1) is 6.61 Å². The first-order chi connectivity index (χ1) is 6.68. The number of benzene rings is 1. The van der Waals surface area contributed by atoms with Crippen molar-refractivity contribution >= 4 is 16.9 Å². The number of nitrogens with one attached hydrogen (secondary N) is 1. The summed E-state index contributed by atoms with van der Waals surface area (Å²) in [5.74, 6) is 1.57. The van der Waals surface area contributed by atoms with E-state index in [1.54, 1.807) is 0 Å². The summed E-state index contributed by atoms with van der Waals surface area (Å²) in [5, 5.41) is 7.13. The van der Waals surface area contributed by atoms with Crippen LogP contribution in [0, 0.1) is 12.3 Å². The topological polar surface area (TPSA) is 59.1 Å². The molecule has 0 aliphatic rings. The van der Waals surface area contributed by atoms with Crippen molar-refractivity contribution in [2.24, 2.45) is 5.73 Å². The molecule has 3 N–H and O–H groups in total. The van der Waals surface area contributed by atoms with E-state index in [1.807, 2.05) is 31.2 Å². The minimum Gasteiger partial charge on any atom is -0.493 e. The highest BCUT2D eigenvalue weighted by molar-refractivity contribution is 8.13. The maximum absolute atomic E-state index is 6.99. The molecule has 0 atom stereocenters. The molecule has 1 aromatic rings. The summed E-state index contributed by atoms with van der Waals surface area (Å²) in [5.41, 5.74) is 6.40. The van der Waals surface area contributed by atoms with Crippen LogP contribution >= 0.6 is 11.8 Å². The van der Waals surface area contributed by atoms with E-state index in [2.05, 4.69) is 0 Å². The van der Waals surface area contributed by atoms with Gasteiger partial charge in [-0.2, -0.15) is 0 Å². The Morgan fingerprint density at radius 1 is 1.43 bits per heavy atom. The highest BCUT2D eigenvalue weighted by Crippen LogP contribution is 2.11. The molecule has 0 aliphatic heterocycles. The molecule has 14 heavy (non-hydrogen) atoms. The third-order valence-corrected chi connectivity index (χ3v) is 2.31. The summed E-state index contributed by atoms with van der Waals surface area (Å²) in [7, 11) is 0. The summed E-state index contributed by atoms with van der Waals surface area (Å²) >= 11 is 1.29. The van der Waals surface area contributed by atoms with Crippen LogP contribution < -0.4 is 10.5 Å². The van der Waals surface area contributed by atoms with Gasteiger partial charge in [0.25, 0.3) is 0 Å². The first-order valence-electron chi connectivity index (χ1n) is 4.35. The van der Waals surface area contributed by atoms with Gasteiger partial charge in [0.2, 0.25) is 0 Å². The lowest BCUT2D eigenvalue weighted by Gasteiger charge is -2.05. The van der Waals surface area contributed by atoms with Crippen LogP contribution in [0.1, 0.15) is 5.56 Å². The molecule has 0 unspecified atom stereocenters. The number of ether oxygens (including phenoxy) is 1. The number of thioether (sulfide) groups is 1. The zero-order valence-electron chi connectivity index (χ0n) is 8.12. The number of aryl methyl sites for hydroxylation is 1. The molecule has 0 heterocycles. The van der Waals surface area contributed by atoms with Gasteiger partial charge >= 0.3 is 0 Å². The molecule has 0 bridgehead atoms. The molecule has 0 saturated carbocycles. The highest BCUT2D eigenvalue weighted by Gasteiger charge is 1.94. The van der Waals surface area contributed by atoms with Gasteiger partial charge in [0.15, 0.2) is 5.17 Å². The van der Waals surface area contributed by atoms with Gasteiger partial charge in [0.1, 0.15) is 5.75 Å². The number of hydrogen-bond acceptors (Lipinski definition) is 3. The zero-order valence-corrected chi connectivity index (χ0v) is 8.93. The Morgan fingerprint density at radius 3 is 2.64 bits per heavy atom. The van der Waals surface area contributed by atoms with Crippen molar-refractivity contribution in [2.75, 3.05) is 12.4 Å². The fourth-order valence-electron chi connectivity index (χ4n) is 0.946. The van der Waals surface area contributed by atoms with E-state index in [4.69, 9.17) is 15.9 Å². The smallest absolute Gasteiger partial charge is 0.151 e. The quantitative estimate of drug-likeness (QED) is 0.454. The van der Waals surface area contributed by atoms with Crippen LogP contribution in [-0.2, 0) is 0 Å². The summed E-state index contributed by atoms with van der Waals surface area (Å²) in [6.45, 7) is 2.61. The Kier molecular flexibility index (Phi) is 4.32. The van der Waals surface area contributed by atoms with Crippen LogP contribution in [0.5, 0.6) is 5.75 Å². The normalized spacial score (nSPS) is 9.79. The second-order valence-corrected chi connectivity index (χ2v) is 4.01. The molecule has 0 aromatic heterocycles. The van der Waals surface area contributed by atoms with Gasteiger partial charge in [-0.1, -0.05) is 29.5 Å². The molecule has 1 rings (SSSR count). The van der Waals surface area contributed by atoms with Crippen molar-refractivity contribution in [3.8, 4) is 5.75 Å². The maximum Gasteiger partial charge on any atom is 0.151 e. The SMILES string of the molecule is Cc1ccc(OCCSC(=N)N)cc1. The van der Waals surface area contributed by atoms with Crippen molar-refractivity contribution in [1.82, 2.24) is 0 Å². The number of amidine groups is 1. The van der Waals surface area contributed by atoms with Gasteiger partial charge < -0.3 is 10.5 Å². The van der Waals surface area contributed by atoms with Crippen molar-refractivity contribution in [3.63, 3.8) is 0 Å². The van der Waals surface area contributed by atoms with E-state index in [1.165, 1.54) is 17.3 Å². The Bertz CT molecular complexity index is 297. The largest absolute Gasteiger partial charge is 0.493 e. The Morgan fingerprint density at radius 2 is 2.07 bits per heavy atom. The second-order valence-electron chi connectivity index (χ2n) is 2.87. The van der Waals surface area contributed by atoms with E-state index in [0.717, 1.165) is 5.75 Å². The van der Waals surface area contributed by atoms with Crippen molar-refractivity contribution in [2.45, 2.75) is 6.92 Å². The lowest BCUT2D eigenvalue weighted by Crippen LogP contribution is -2.08. The van der Waals surface area contributed by atoms with Crippen LogP contribution in [0.4, 0.5) is 0 Å². The first kappa shape index (κ1) is 10.9. The van der Waals surface area contributed by atoms with Crippen LogP contribution in [0.25, 0.3) is 0 Å². The monoisotopic (exact) mass is 210 g/mol. The van der Waals surface area contributed by atoms with E-state index >= 15 is 0 Å². The summed E-state index contributed by atoms with van der Waals surface area (Å²) < 4.78 is 5.44.